The number of fused-ring (bicyclic) bond motifs is 1. The van der Waals surface area contributed by atoms with Gasteiger partial charge < -0.3 is 24.9 Å². The summed E-state index contributed by atoms with van der Waals surface area (Å²) in [4.78, 5) is 30.2. The third-order valence-corrected chi connectivity index (χ3v) is 5.09. The summed E-state index contributed by atoms with van der Waals surface area (Å²) >= 11 is 0. The van der Waals surface area contributed by atoms with Gasteiger partial charge in [-0.15, -0.1) is 0 Å². The van der Waals surface area contributed by atoms with Gasteiger partial charge in [-0.3, -0.25) is 0 Å². The van der Waals surface area contributed by atoms with Crippen LogP contribution in [0.3, 0.4) is 0 Å². The van der Waals surface area contributed by atoms with Crippen LogP contribution in [-0.2, 0) is 11.3 Å². The van der Waals surface area contributed by atoms with Crippen molar-refractivity contribution >= 4 is 34.5 Å². The van der Waals surface area contributed by atoms with Crippen molar-refractivity contribution in [3.63, 3.8) is 0 Å². The lowest BCUT2D eigenvalue weighted by Gasteiger charge is -2.11. The van der Waals surface area contributed by atoms with Crippen LogP contribution in [0.5, 0.6) is 5.75 Å². The number of benzene rings is 2. The van der Waals surface area contributed by atoms with Crippen molar-refractivity contribution in [3.05, 3.63) is 84.4 Å². The molecule has 0 fully saturated rings. The number of ether oxygens (including phenoxy) is 2. The fourth-order valence-corrected chi connectivity index (χ4v) is 3.53. The van der Waals surface area contributed by atoms with Gasteiger partial charge in [0.1, 0.15) is 11.4 Å². The molecular formula is C25H20N6O4. The average molecular weight is 468 g/mol. The molecule has 0 aliphatic rings. The van der Waals surface area contributed by atoms with Crippen molar-refractivity contribution in [1.82, 2.24) is 19.9 Å². The highest BCUT2D eigenvalue weighted by Crippen LogP contribution is 2.27. The Hall–Kier alpha value is -4.99. The van der Waals surface area contributed by atoms with Crippen molar-refractivity contribution in [1.29, 1.82) is 0 Å². The van der Waals surface area contributed by atoms with E-state index in [1.807, 2.05) is 36.4 Å². The number of esters is 1. The Balaban J connectivity index is 1.39. The first-order valence-corrected chi connectivity index (χ1v) is 10.6. The number of rotatable bonds is 7. The van der Waals surface area contributed by atoms with E-state index in [0.717, 1.165) is 0 Å². The number of methoxy groups -OCH3 is 1. The number of carbonyl (C=O) groups is 1. The first-order valence-electron chi connectivity index (χ1n) is 10.6. The van der Waals surface area contributed by atoms with Crippen LogP contribution in [0.4, 0.5) is 17.6 Å². The van der Waals surface area contributed by atoms with Gasteiger partial charge in [0.25, 0.3) is 0 Å². The highest BCUT2D eigenvalue weighted by molar-refractivity contribution is 6.04. The average Bonchev–Trinajstić information content (AvgIpc) is 3.42. The molecule has 0 saturated carbocycles. The third-order valence-electron chi connectivity index (χ3n) is 5.09. The van der Waals surface area contributed by atoms with E-state index < -0.39 is 5.97 Å². The fourth-order valence-electron chi connectivity index (χ4n) is 3.53. The zero-order chi connectivity index (χ0) is 24.2. The Labute approximate surface area is 199 Å². The molecule has 0 amide bonds. The van der Waals surface area contributed by atoms with Crippen molar-refractivity contribution in [2.45, 2.75) is 6.61 Å². The standard InChI is InChI=1S/C25H20N6O4/c1-33-20-10-5-4-9-18(20)28-25-30-22(29-24(26)31-25)14-35-23(32)16-13-19(21-11-6-12-34-21)27-17-8-3-2-7-15(16)17/h2-13H,14H2,1H3,(H3,26,28,29,30,31). The number of nitrogen functional groups attached to an aromatic ring is 1. The van der Waals surface area contributed by atoms with Gasteiger partial charge in [-0.2, -0.15) is 15.0 Å². The molecule has 174 valence electrons. The molecule has 0 aliphatic carbocycles. The molecule has 0 aliphatic heterocycles. The number of hydrogen-bond acceptors (Lipinski definition) is 10. The highest BCUT2D eigenvalue weighted by atomic mass is 16.5. The van der Waals surface area contributed by atoms with Crippen LogP contribution in [-0.4, -0.2) is 33.0 Å². The SMILES string of the molecule is COc1ccccc1Nc1nc(N)nc(COC(=O)c2cc(-c3ccco3)nc3ccccc23)n1. The van der Waals surface area contributed by atoms with Gasteiger partial charge in [0.2, 0.25) is 11.9 Å². The summed E-state index contributed by atoms with van der Waals surface area (Å²) in [7, 11) is 1.56. The lowest BCUT2D eigenvalue weighted by Crippen LogP contribution is -2.12. The molecule has 3 N–H and O–H groups in total. The van der Waals surface area contributed by atoms with E-state index in [4.69, 9.17) is 19.6 Å². The second-order valence-corrected chi connectivity index (χ2v) is 7.38. The molecule has 5 rings (SSSR count). The molecule has 2 aromatic carbocycles. The number of para-hydroxylation sites is 3. The summed E-state index contributed by atoms with van der Waals surface area (Å²) in [6.45, 7) is -0.209. The van der Waals surface area contributed by atoms with Gasteiger partial charge in [0.05, 0.1) is 30.1 Å². The summed E-state index contributed by atoms with van der Waals surface area (Å²) in [5, 5.41) is 3.70. The van der Waals surface area contributed by atoms with Crippen LogP contribution in [0.25, 0.3) is 22.4 Å². The van der Waals surface area contributed by atoms with Crippen LogP contribution in [0, 0.1) is 0 Å². The van der Waals surface area contributed by atoms with Gasteiger partial charge in [-0.1, -0.05) is 30.3 Å². The number of nitrogens with two attached hydrogens (primary N) is 1. The van der Waals surface area contributed by atoms with E-state index in [0.29, 0.717) is 39.4 Å². The van der Waals surface area contributed by atoms with Crippen LogP contribution in [0.2, 0.25) is 0 Å². The molecule has 3 aromatic heterocycles. The number of carbonyl (C=O) groups excluding carboxylic acids is 1. The molecule has 0 atom stereocenters. The molecular weight excluding hydrogens is 448 g/mol. The fraction of sp³-hybridized carbons (Fsp3) is 0.0800. The molecule has 0 radical (unpaired) electrons. The van der Waals surface area contributed by atoms with Crippen molar-refractivity contribution in [2.24, 2.45) is 0 Å². The topological polar surface area (TPSA) is 138 Å². The zero-order valence-corrected chi connectivity index (χ0v) is 18.6. The monoisotopic (exact) mass is 468 g/mol. The number of pyridine rings is 1. The maximum absolute atomic E-state index is 13.1. The predicted molar refractivity (Wildman–Crippen MR) is 129 cm³/mol. The summed E-state index contributed by atoms with van der Waals surface area (Å²) < 4.78 is 16.3. The smallest absolute Gasteiger partial charge is 0.339 e. The van der Waals surface area contributed by atoms with Crippen LogP contribution in [0.1, 0.15) is 16.2 Å². The predicted octanol–water partition coefficient (Wildman–Crippen LogP) is 4.37. The van der Waals surface area contributed by atoms with Crippen LogP contribution >= 0.6 is 0 Å². The number of furan rings is 1. The minimum Gasteiger partial charge on any atom is -0.495 e. The molecule has 0 bridgehead atoms. The number of anilines is 3. The number of hydrogen-bond donors (Lipinski definition) is 2. The Morgan fingerprint density at radius 3 is 2.66 bits per heavy atom. The number of nitrogens with one attached hydrogen (secondary N) is 1. The Morgan fingerprint density at radius 2 is 1.83 bits per heavy atom. The van der Waals surface area contributed by atoms with E-state index in [-0.39, 0.29) is 24.3 Å². The number of nitrogens with zero attached hydrogens (tertiary/aromatic N) is 4. The summed E-state index contributed by atoms with van der Waals surface area (Å²) in [6, 6.07) is 19.8. The molecule has 5 aromatic rings. The maximum atomic E-state index is 13.1. The first-order chi connectivity index (χ1) is 17.1. The Kier molecular flexibility index (Phi) is 5.91. The maximum Gasteiger partial charge on any atom is 0.339 e. The van der Waals surface area contributed by atoms with E-state index >= 15 is 0 Å². The van der Waals surface area contributed by atoms with Crippen molar-refractivity contribution < 1.29 is 18.7 Å². The quantitative estimate of drug-likeness (QED) is 0.331. The van der Waals surface area contributed by atoms with E-state index in [1.165, 1.54) is 0 Å². The lowest BCUT2D eigenvalue weighted by molar-refractivity contribution is 0.0464. The van der Waals surface area contributed by atoms with Crippen molar-refractivity contribution in [2.75, 3.05) is 18.2 Å². The van der Waals surface area contributed by atoms with Gasteiger partial charge in [0, 0.05) is 5.39 Å². The summed E-state index contributed by atoms with van der Waals surface area (Å²) in [5.41, 5.74) is 8.01. The van der Waals surface area contributed by atoms with Gasteiger partial charge >= 0.3 is 5.97 Å². The van der Waals surface area contributed by atoms with Crippen LogP contribution < -0.4 is 15.8 Å². The summed E-state index contributed by atoms with van der Waals surface area (Å²) in [6.07, 6.45) is 1.55. The molecule has 0 unspecified atom stereocenters. The second kappa shape index (κ2) is 9.48. The normalized spacial score (nSPS) is 10.8. The first kappa shape index (κ1) is 21.8. The highest BCUT2D eigenvalue weighted by Gasteiger charge is 2.17. The van der Waals surface area contributed by atoms with Gasteiger partial charge in [-0.25, -0.2) is 9.78 Å². The molecule has 10 heteroatoms. The number of aromatic nitrogens is 4. The molecule has 3 heterocycles. The van der Waals surface area contributed by atoms with E-state index in [9.17, 15) is 4.79 Å². The van der Waals surface area contributed by atoms with Gasteiger partial charge in [0.15, 0.2) is 18.2 Å². The second-order valence-electron chi connectivity index (χ2n) is 7.38. The zero-order valence-electron chi connectivity index (χ0n) is 18.6. The van der Waals surface area contributed by atoms with Crippen molar-refractivity contribution in [3.8, 4) is 17.2 Å². The van der Waals surface area contributed by atoms with Gasteiger partial charge in [-0.05, 0) is 36.4 Å². The molecule has 0 spiro atoms. The Morgan fingerprint density at radius 1 is 1.00 bits per heavy atom. The minimum absolute atomic E-state index is 0.0158. The Bertz CT molecular complexity index is 1500. The molecule has 35 heavy (non-hydrogen) atoms. The van der Waals surface area contributed by atoms with E-state index in [1.54, 1.807) is 43.7 Å². The minimum atomic E-state index is -0.561. The lowest BCUT2D eigenvalue weighted by atomic mass is 10.1. The summed E-state index contributed by atoms with van der Waals surface area (Å²) in [5.74, 6) is 0.960. The molecule has 0 saturated heterocycles. The molecule has 10 nitrogen and oxygen atoms in total. The van der Waals surface area contributed by atoms with Crippen LogP contribution in [0.15, 0.2) is 77.4 Å². The third kappa shape index (κ3) is 4.71. The largest absolute Gasteiger partial charge is 0.495 e. The van der Waals surface area contributed by atoms with E-state index in [2.05, 4.69) is 25.3 Å².